The Labute approximate surface area is 146 Å². The van der Waals surface area contributed by atoms with Crippen LogP contribution in [-0.4, -0.2) is 47.2 Å². The predicted octanol–water partition coefficient (Wildman–Crippen LogP) is 1.06. The van der Waals surface area contributed by atoms with Crippen molar-refractivity contribution in [3.05, 3.63) is 41.6 Å². The lowest BCUT2D eigenvalue weighted by Gasteiger charge is -2.27. The SMILES string of the molecule is O=C(NCc1ccc(N2CCOCC2)nc1)[C@@H]1CCc2nc[nH]c2C1. The number of ether oxygens (including phenoxy) is 1. The Morgan fingerprint density at radius 1 is 1.32 bits per heavy atom. The number of H-pyrrole nitrogens is 1. The van der Waals surface area contributed by atoms with E-state index in [0.717, 1.165) is 68.3 Å². The highest BCUT2D eigenvalue weighted by Gasteiger charge is 2.25. The number of amides is 1. The molecule has 1 fully saturated rings. The van der Waals surface area contributed by atoms with Gasteiger partial charge in [-0.05, 0) is 24.5 Å². The van der Waals surface area contributed by atoms with Gasteiger partial charge in [0.25, 0.3) is 0 Å². The summed E-state index contributed by atoms with van der Waals surface area (Å²) in [4.78, 5) is 26.6. The molecule has 2 aromatic heterocycles. The van der Waals surface area contributed by atoms with Crippen LogP contribution in [0.25, 0.3) is 0 Å². The minimum Gasteiger partial charge on any atom is -0.378 e. The molecule has 1 saturated heterocycles. The van der Waals surface area contributed by atoms with Gasteiger partial charge < -0.3 is 19.9 Å². The van der Waals surface area contributed by atoms with Gasteiger partial charge in [0.1, 0.15) is 5.82 Å². The molecule has 1 atom stereocenters. The molecular formula is C18H23N5O2. The van der Waals surface area contributed by atoms with Gasteiger partial charge in [-0.3, -0.25) is 4.79 Å². The number of fused-ring (bicyclic) bond motifs is 1. The van der Waals surface area contributed by atoms with Crippen LogP contribution in [0.4, 0.5) is 5.82 Å². The standard InChI is InChI=1S/C18H23N5O2/c24-18(14-2-3-15-16(9-14)22-12-21-15)20-11-13-1-4-17(19-10-13)23-5-7-25-8-6-23/h1,4,10,12,14H,2-3,5-9,11H2,(H,20,24)(H,21,22)/t14-/m1/s1. The van der Waals surface area contributed by atoms with Crippen LogP contribution in [0.15, 0.2) is 24.7 Å². The summed E-state index contributed by atoms with van der Waals surface area (Å²) in [6.45, 7) is 3.76. The smallest absolute Gasteiger partial charge is 0.223 e. The third-order valence-corrected chi connectivity index (χ3v) is 4.97. The second kappa shape index (κ2) is 7.23. The summed E-state index contributed by atoms with van der Waals surface area (Å²) in [5, 5.41) is 3.04. The molecule has 0 bridgehead atoms. The van der Waals surface area contributed by atoms with Gasteiger partial charge in [-0.2, -0.15) is 0 Å². The number of nitrogens with zero attached hydrogens (tertiary/aromatic N) is 3. The molecule has 132 valence electrons. The van der Waals surface area contributed by atoms with Crippen molar-refractivity contribution in [2.24, 2.45) is 5.92 Å². The molecule has 1 aliphatic carbocycles. The first kappa shape index (κ1) is 16.1. The number of aryl methyl sites for hydroxylation is 1. The number of hydrogen-bond donors (Lipinski definition) is 2. The van der Waals surface area contributed by atoms with Crippen LogP contribution in [0, 0.1) is 5.92 Å². The van der Waals surface area contributed by atoms with E-state index in [1.165, 1.54) is 0 Å². The van der Waals surface area contributed by atoms with E-state index < -0.39 is 0 Å². The summed E-state index contributed by atoms with van der Waals surface area (Å²) in [6, 6.07) is 4.05. The zero-order chi connectivity index (χ0) is 17.1. The maximum atomic E-state index is 12.4. The van der Waals surface area contributed by atoms with Gasteiger partial charge in [-0.1, -0.05) is 6.07 Å². The Morgan fingerprint density at radius 3 is 3.00 bits per heavy atom. The van der Waals surface area contributed by atoms with Crippen LogP contribution < -0.4 is 10.2 Å². The molecule has 2 aromatic rings. The Kier molecular flexibility index (Phi) is 4.65. The van der Waals surface area contributed by atoms with E-state index in [4.69, 9.17) is 4.74 Å². The van der Waals surface area contributed by atoms with E-state index in [1.807, 2.05) is 18.3 Å². The van der Waals surface area contributed by atoms with Crippen molar-refractivity contribution < 1.29 is 9.53 Å². The maximum absolute atomic E-state index is 12.4. The molecular weight excluding hydrogens is 318 g/mol. The van der Waals surface area contributed by atoms with E-state index in [-0.39, 0.29) is 11.8 Å². The van der Waals surface area contributed by atoms with E-state index in [9.17, 15) is 4.79 Å². The van der Waals surface area contributed by atoms with Crippen LogP contribution in [0.2, 0.25) is 0 Å². The summed E-state index contributed by atoms with van der Waals surface area (Å²) in [6.07, 6.45) is 6.03. The molecule has 3 heterocycles. The van der Waals surface area contributed by atoms with Crippen LogP contribution in [-0.2, 0) is 28.9 Å². The van der Waals surface area contributed by atoms with Crippen molar-refractivity contribution in [3.63, 3.8) is 0 Å². The summed E-state index contributed by atoms with van der Waals surface area (Å²) >= 11 is 0. The molecule has 1 amide bonds. The quantitative estimate of drug-likeness (QED) is 0.869. The van der Waals surface area contributed by atoms with Crippen molar-refractivity contribution in [1.82, 2.24) is 20.3 Å². The highest BCUT2D eigenvalue weighted by Crippen LogP contribution is 2.23. The summed E-state index contributed by atoms with van der Waals surface area (Å²) < 4.78 is 5.36. The number of pyridine rings is 1. The fraction of sp³-hybridized carbons (Fsp3) is 0.500. The van der Waals surface area contributed by atoms with Crippen molar-refractivity contribution in [2.45, 2.75) is 25.8 Å². The molecule has 1 aliphatic heterocycles. The number of carbonyl (C=O) groups is 1. The molecule has 2 N–H and O–H groups in total. The molecule has 0 spiro atoms. The number of aromatic nitrogens is 3. The summed E-state index contributed by atoms with van der Waals surface area (Å²) in [5.41, 5.74) is 3.22. The highest BCUT2D eigenvalue weighted by atomic mass is 16.5. The zero-order valence-electron chi connectivity index (χ0n) is 14.2. The first-order valence-corrected chi connectivity index (χ1v) is 8.86. The Bertz CT molecular complexity index is 721. The third-order valence-electron chi connectivity index (χ3n) is 4.97. The monoisotopic (exact) mass is 341 g/mol. The number of nitrogens with one attached hydrogen (secondary N) is 2. The summed E-state index contributed by atoms with van der Waals surface area (Å²) in [7, 11) is 0. The maximum Gasteiger partial charge on any atom is 0.223 e. The Hall–Kier alpha value is -2.41. The van der Waals surface area contributed by atoms with Crippen LogP contribution >= 0.6 is 0 Å². The van der Waals surface area contributed by atoms with Gasteiger partial charge in [0.05, 0.1) is 25.2 Å². The number of imidazole rings is 1. The van der Waals surface area contributed by atoms with Crippen LogP contribution in [0.3, 0.4) is 0 Å². The Morgan fingerprint density at radius 2 is 2.20 bits per heavy atom. The molecule has 25 heavy (non-hydrogen) atoms. The molecule has 0 saturated carbocycles. The second-order valence-electron chi connectivity index (χ2n) is 6.61. The fourth-order valence-corrected chi connectivity index (χ4v) is 3.46. The van der Waals surface area contributed by atoms with Crippen molar-refractivity contribution in [1.29, 1.82) is 0 Å². The second-order valence-corrected chi connectivity index (χ2v) is 6.61. The van der Waals surface area contributed by atoms with Gasteiger partial charge in [0.2, 0.25) is 5.91 Å². The minimum absolute atomic E-state index is 0.0218. The number of morpholine rings is 1. The van der Waals surface area contributed by atoms with E-state index in [1.54, 1.807) is 6.33 Å². The van der Waals surface area contributed by atoms with Gasteiger partial charge in [0, 0.05) is 43.9 Å². The largest absolute Gasteiger partial charge is 0.378 e. The number of hydrogen-bond acceptors (Lipinski definition) is 5. The summed E-state index contributed by atoms with van der Waals surface area (Å²) in [5.74, 6) is 1.10. The number of anilines is 1. The average molecular weight is 341 g/mol. The van der Waals surface area contributed by atoms with Gasteiger partial charge in [0.15, 0.2) is 0 Å². The van der Waals surface area contributed by atoms with Crippen molar-refractivity contribution >= 4 is 11.7 Å². The van der Waals surface area contributed by atoms with E-state index in [0.29, 0.717) is 6.54 Å². The molecule has 0 radical (unpaired) electrons. The zero-order valence-corrected chi connectivity index (χ0v) is 14.2. The third kappa shape index (κ3) is 3.66. The van der Waals surface area contributed by atoms with Gasteiger partial charge in [-0.25, -0.2) is 9.97 Å². The minimum atomic E-state index is 0.0218. The van der Waals surface area contributed by atoms with E-state index >= 15 is 0 Å². The molecule has 7 heteroatoms. The number of carbonyl (C=O) groups excluding carboxylic acids is 1. The number of rotatable bonds is 4. The average Bonchev–Trinajstić information content (AvgIpc) is 3.15. The molecule has 4 rings (SSSR count). The van der Waals surface area contributed by atoms with Crippen LogP contribution in [0.5, 0.6) is 0 Å². The van der Waals surface area contributed by atoms with Gasteiger partial charge >= 0.3 is 0 Å². The van der Waals surface area contributed by atoms with Gasteiger partial charge in [-0.15, -0.1) is 0 Å². The topological polar surface area (TPSA) is 83.1 Å². The van der Waals surface area contributed by atoms with Crippen LogP contribution in [0.1, 0.15) is 23.4 Å². The first-order valence-electron chi connectivity index (χ1n) is 8.86. The molecule has 0 aromatic carbocycles. The Balaban J connectivity index is 1.30. The highest BCUT2D eigenvalue weighted by molar-refractivity contribution is 5.79. The predicted molar refractivity (Wildman–Crippen MR) is 93.2 cm³/mol. The normalized spacial score (nSPS) is 20.2. The lowest BCUT2D eigenvalue weighted by molar-refractivity contribution is -0.125. The first-order chi connectivity index (χ1) is 12.3. The van der Waals surface area contributed by atoms with Crippen molar-refractivity contribution in [3.8, 4) is 0 Å². The van der Waals surface area contributed by atoms with Crippen molar-refractivity contribution in [2.75, 3.05) is 31.2 Å². The fourth-order valence-electron chi connectivity index (χ4n) is 3.46. The molecule has 7 nitrogen and oxygen atoms in total. The molecule has 0 unspecified atom stereocenters. The lowest BCUT2D eigenvalue weighted by Crippen LogP contribution is -2.36. The molecule has 2 aliphatic rings. The van der Waals surface area contributed by atoms with E-state index in [2.05, 4.69) is 25.2 Å². The lowest BCUT2D eigenvalue weighted by atomic mass is 9.89. The number of aromatic amines is 1.